The van der Waals surface area contributed by atoms with Crippen LogP contribution in [0.3, 0.4) is 0 Å². The van der Waals surface area contributed by atoms with Crippen molar-refractivity contribution in [1.29, 1.82) is 0 Å². The monoisotopic (exact) mass is 525 g/mol. The molecular weight excluding hydrogens is 502 g/mol. The molecule has 0 aliphatic carbocycles. The summed E-state index contributed by atoms with van der Waals surface area (Å²) in [6, 6.07) is 19.6. The smallest absolute Gasteiger partial charge is 0.279 e. The second-order valence-electron chi connectivity index (χ2n) is 7.57. The molecule has 8 nitrogen and oxygen atoms in total. The Morgan fingerprint density at radius 2 is 1.74 bits per heavy atom. The number of methoxy groups -OCH3 is 2. The summed E-state index contributed by atoms with van der Waals surface area (Å²) in [5.41, 5.74) is 4.54. The van der Waals surface area contributed by atoms with Gasteiger partial charge >= 0.3 is 0 Å². The number of carbonyl (C=O) groups excluding carboxylic acids is 2. The first-order valence-electron chi connectivity index (χ1n) is 10.5. The second-order valence-corrected chi connectivity index (χ2v) is 8.49. The number of nitrogens with zero attached hydrogens (tertiary/aromatic N) is 1. The molecule has 0 bridgehead atoms. The minimum absolute atomic E-state index is 0.349. The van der Waals surface area contributed by atoms with E-state index < -0.39 is 18.2 Å². The lowest BCUT2D eigenvalue weighted by molar-refractivity contribution is -0.132. The summed E-state index contributed by atoms with van der Waals surface area (Å²) in [5, 5.41) is 4.60. The maximum Gasteiger partial charge on any atom is 0.279 e. The summed E-state index contributed by atoms with van der Waals surface area (Å²) >= 11 is 3.37. The Morgan fingerprint density at radius 3 is 2.44 bits per heavy atom. The first kappa shape index (κ1) is 23.4. The molecule has 3 aromatic carbocycles. The zero-order chi connectivity index (χ0) is 24.2. The number of hydrogen-bond acceptors (Lipinski definition) is 6. The average Bonchev–Trinajstić information content (AvgIpc) is 2.86. The van der Waals surface area contributed by atoms with E-state index in [2.05, 4.69) is 26.7 Å². The zero-order valence-corrected chi connectivity index (χ0v) is 20.5. The van der Waals surface area contributed by atoms with Gasteiger partial charge in [-0.3, -0.25) is 15.0 Å². The number of carbonyl (C=O) groups is 2. The lowest BCUT2D eigenvalue weighted by Crippen LogP contribution is -2.55. The van der Waals surface area contributed by atoms with E-state index in [1.807, 2.05) is 24.3 Å². The van der Waals surface area contributed by atoms with Gasteiger partial charge in [-0.15, -0.1) is 0 Å². The van der Waals surface area contributed by atoms with Gasteiger partial charge in [-0.05, 0) is 55.5 Å². The van der Waals surface area contributed by atoms with E-state index in [0.29, 0.717) is 34.1 Å². The van der Waals surface area contributed by atoms with Gasteiger partial charge in [0.05, 0.1) is 19.8 Å². The zero-order valence-electron chi connectivity index (χ0n) is 18.9. The van der Waals surface area contributed by atoms with Gasteiger partial charge in [0.1, 0.15) is 11.9 Å². The molecule has 1 aliphatic rings. The van der Waals surface area contributed by atoms with Crippen LogP contribution < -0.4 is 25.0 Å². The highest BCUT2D eigenvalue weighted by molar-refractivity contribution is 9.10. The lowest BCUT2D eigenvalue weighted by Gasteiger charge is -2.38. The molecule has 2 N–H and O–H groups in total. The molecule has 2 amide bonds. The van der Waals surface area contributed by atoms with E-state index in [1.165, 1.54) is 12.1 Å². The number of hydrazine groups is 1. The number of para-hydroxylation sites is 1. The fourth-order valence-electron chi connectivity index (χ4n) is 3.61. The Bertz CT molecular complexity index is 1200. The van der Waals surface area contributed by atoms with Crippen molar-refractivity contribution < 1.29 is 23.8 Å². The van der Waals surface area contributed by atoms with Crippen molar-refractivity contribution in [3.63, 3.8) is 0 Å². The van der Waals surface area contributed by atoms with Gasteiger partial charge in [0.25, 0.3) is 11.8 Å². The van der Waals surface area contributed by atoms with Crippen molar-refractivity contribution >= 4 is 33.4 Å². The van der Waals surface area contributed by atoms with Gasteiger partial charge in [0.15, 0.2) is 17.6 Å². The van der Waals surface area contributed by atoms with E-state index in [-0.39, 0.29) is 5.91 Å². The van der Waals surface area contributed by atoms with Gasteiger partial charge in [-0.2, -0.15) is 0 Å². The third kappa shape index (κ3) is 4.79. The molecule has 0 aromatic heterocycles. The fraction of sp³-hybridized carbons (Fsp3) is 0.200. The van der Waals surface area contributed by atoms with Crippen LogP contribution in [0.4, 0.5) is 5.69 Å². The maximum absolute atomic E-state index is 13.4. The van der Waals surface area contributed by atoms with Crippen LogP contribution >= 0.6 is 15.9 Å². The van der Waals surface area contributed by atoms with Crippen molar-refractivity contribution in [2.45, 2.75) is 19.2 Å². The molecule has 34 heavy (non-hydrogen) atoms. The molecule has 1 aliphatic heterocycles. The van der Waals surface area contributed by atoms with Crippen molar-refractivity contribution in [2.75, 3.05) is 19.5 Å². The van der Waals surface area contributed by atoms with Crippen LogP contribution in [-0.2, 0) is 4.79 Å². The number of amides is 2. The van der Waals surface area contributed by atoms with Gasteiger partial charge < -0.3 is 19.5 Å². The first-order valence-corrected chi connectivity index (χ1v) is 11.3. The number of nitrogens with one attached hydrogen (secondary N) is 2. The molecule has 3 aromatic rings. The second kappa shape index (κ2) is 10.0. The van der Waals surface area contributed by atoms with Crippen LogP contribution in [0.2, 0.25) is 0 Å². The SMILES string of the molecule is COc1ccc([C@@H]2Nc3ccccc3C(=O)N2NC(=O)[C@H](C)Oc2ccc(Br)cc2)cc1OC. The molecular formula is C25H24BrN3O5. The van der Waals surface area contributed by atoms with Gasteiger partial charge in [0, 0.05) is 15.7 Å². The third-order valence-electron chi connectivity index (χ3n) is 5.38. The minimum atomic E-state index is -0.850. The quantitative estimate of drug-likeness (QED) is 0.471. The van der Waals surface area contributed by atoms with E-state index >= 15 is 0 Å². The van der Waals surface area contributed by atoms with Crippen LogP contribution in [0.15, 0.2) is 71.2 Å². The Morgan fingerprint density at radius 1 is 1.03 bits per heavy atom. The molecule has 176 valence electrons. The normalized spacial score (nSPS) is 15.6. The summed E-state index contributed by atoms with van der Waals surface area (Å²) in [7, 11) is 3.09. The van der Waals surface area contributed by atoms with Crippen molar-refractivity contribution in [2.24, 2.45) is 0 Å². The Hall–Kier alpha value is -3.72. The highest BCUT2D eigenvalue weighted by Gasteiger charge is 2.35. The molecule has 0 saturated heterocycles. The predicted molar refractivity (Wildman–Crippen MR) is 131 cm³/mol. The van der Waals surface area contributed by atoms with Crippen molar-refractivity contribution in [1.82, 2.24) is 10.4 Å². The highest BCUT2D eigenvalue weighted by Crippen LogP contribution is 2.36. The summed E-state index contributed by atoms with van der Waals surface area (Å²) < 4.78 is 17.4. The van der Waals surface area contributed by atoms with E-state index in [1.54, 1.807) is 56.5 Å². The van der Waals surface area contributed by atoms with Crippen LogP contribution in [0.25, 0.3) is 0 Å². The van der Waals surface area contributed by atoms with Crippen LogP contribution in [0, 0.1) is 0 Å². The third-order valence-corrected chi connectivity index (χ3v) is 5.91. The largest absolute Gasteiger partial charge is 0.493 e. The van der Waals surface area contributed by atoms with Crippen molar-refractivity contribution in [3.8, 4) is 17.2 Å². The summed E-state index contributed by atoms with van der Waals surface area (Å²) in [6.45, 7) is 1.62. The molecule has 2 atom stereocenters. The number of halogens is 1. The van der Waals surface area contributed by atoms with Gasteiger partial charge in [0.2, 0.25) is 0 Å². The highest BCUT2D eigenvalue weighted by atomic mass is 79.9. The Kier molecular flexibility index (Phi) is 6.93. The predicted octanol–water partition coefficient (Wildman–Crippen LogP) is 4.53. The summed E-state index contributed by atoms with van der Waals surface area (Å²) in [6.07, 6.45) is -1.54. The summed E-state index contributed by atoms with van der Waals surface area (Å²) in [4.78, 5) is 26.4. The molecule has 0 unspecified atom stereocenters. The average molecular weight is 526 g/mol. The number of rotatable bonds is 7. The number of benzene rings is 3. The first-order chi connectivity index (χ1) is 16.4. The molecule has 0 spiro atoms. The maximum atomic E-state index is 13.4. The van der Waals surface area contributed by atoms with Gasteiger partial charge in [-0.1, -0.05) is 34.1 Å². The lowest BCUT2D eigenvalue weighted by atomic mass is 10.0. The minimum Gasteiger partial charge on any atom is -0.493 e. The van der Waals surface area contributed by atoms with Crippen LogP contribution in [0.5, 0.6) is 17.2 Å². The molecule has 0 saturated carbocycles. The number of anilines is 1. The van der Waals surface area contributed by atoms with E-state index in [9.17, 15) is 9.59 Å². The number of ether oxygens (including phenoxy) is 3. The van der Waals surface area contributed by atoms with E-state index in [0.717, 1.165) is 4.47 Å². The molecule has 9 heteroatoms. The molecule has 4 rings (SSSR count). The molecule has 1 heterocycles. The van der Waals surface area contributed by atoms with Crippen LogP contribution in [-0.4, -0.2) is 37.1 Å². The standard InChI is InChI=1S/C25H24BrN3O5/c1-15(34-18-11-9-17(26)10-12-18)24(30)28-29-23(16-8-13-21(32-2)22(14-16)33-3)27-20-7-5-4-6-19(20)25(29)31/h4-15,23,27H,1-3H3,(H,28,30)/t15-,23+/m0/s1. The summed E-state index contributed by atoms with van der Waals surface area (Å²) in [5.74, 6) is 0.782. The molecule has 0 fully saturated rings. The van der Waals surface area contributed by atoms with E-state index in [4.69, 9.17) is 14.2 Å². The van der Waals surface area contributed by atoms with Crippen molar-refractivity contribution in [3.05, 3.63) is 82.3 Å². The Balaban J connectivity index is 1.62. The van der Waals surface area contributed by atoms with Gasteiger partial charge in [-0.25, -0.2) is 5.01 Å². The fourth-order valence-corrected chi connectivity index (χ4v) is 3.87. The molecule has 0 radical (unpaired) electrons. The topological polar surface area (TPSA) is 89.1 Å². The number of fused-ring (bicyclic) bond motifs is 1. The number of hydrogen-bond donors (Lipinski definition) is 2. The Labute approximate surface area is 205 Å². The van der Waals surface area contributed by atoms with Crippen LogP contribution in [0.1, 0.15) is 29.0 Å².